The topological polar surface area (TPSA) is 73.1 Å². The van der Waals surface area contributed by atoms with Crippen molar-refractivity contribution >= 4 is 17.1 Å². The molecule has 37 heavy (non-hydrogen) atoms. The summed E-state index contributed by atoms with van der Waals surface area (Å²) in [5.74, 6) is 2.43. The first kappa shape index (κ1) is 22.5. The number of aromatic nitrogens is 4. The molecular formula is C30H31N5O2. The highest BCUT2D eigenvalue weighted by Gasteiger charge is 2.54. The van der Waals surface area contributed by atoms with Gasteiger partial charge in [0, 0.05) is 30.8 Å². The lowest BCUT2D eigenvalue weighted by molar-refractivity contribution is 0.0224. The minimum Gasteiger partial charge on any atom is -0.441 e. The molecule has 1 aromatic carbocycles. The van der Waals surface area contributed by atoms with Gasteiger partial charge in [-0.25, -0.2) is 14.8 Å². The van der Waals surface area contributed by atoms with Gasteiger partial charge in [-0.15, -0.1) is 0 Å². The monoisotopic (exact) mass is 493 g/mol. The Morgan fingerprint density at radius 1 is 0.946 bits per heavy atom. The van der Waals surface area contributed by atoms with Crippen LogP contribution < -0.4 is 0 Å². The minimum absolute atomic E-state index is 0.0572. The molecule has 7 heteroatoms. The number of carbonyl (C=O) groups is 1. The molecule has 1 saturated heterocycles. The van der Waals surface area contributed by atoms with E-state index in [0.717, 1.165) is 42.3 Å². The highest BCUT2D eigenvalue weighted by molar-refractivity contribution is 5.78. The molecule has 0 bridgehead atoms. The van der Waals surface area contributed by atoms with E-state index in [1.165, 1.54) is 5.56 Å². The Kier molecular flexibility index (Phi) is 5.10. The number of cyclic esters (lactones) is 1. The van der Waals surface area contributed by atoms with Gasteiger partial charge in [0.15, 0.2) is 0 Å². The third kappa shape index (κ3) is 3.63. The van der Waals surface area contributed by atoms with Gasteiger partial charge < -0.3 is 4.74 Å². The summed E-state index contributed by atoms with van der Waals surface area (Å²) in [6.45, 7) is 4.07. The van der Waals surface area contributed by atoms with Crippen LogP contribution >= 0.6 is 0 Å². The maximum Gasteiger partial charge on any atom is 0.411 e. The highest BCUT2D eigenvalue weighted by Crippen LogP contribution is 2.56. The van der Waals surface area contributed by atoms with Crippen LogP contribution in [-0.2, 0) is 4.74 Å². The van der Waals surface area contributed by atoms with E-state index in [2.05, 4.69) is 39.3 Å². The van der Waals surface area contributed by atoms with Crippen LogP contribution in [0.3, 0.4) is 0 Å². The molecule has 7 rings (SSSR count). The maximum atomic E-state index is 13.1. The van der Waals surface area contributed by atoms with E-state index in [4.69, 9.17) is 9.72 Å². The SMILES string of the molecule is CC1(C)OC(=O)N(C2CCC3C(CC3c3cnc4ccn(-c5ncccn5)c4c3)C2)C1c1ccccc1. The number of fused-ring (bicyclic) bond motifs is 2. The first-order valence-corrected chi connectivity index (χ1v) is 13.3. The van der Waals surface area contributed by atoms with Crippen molar-refractivity contribution in [2.24, 2.45) is 11.8 Å². The van der Waals surface area contributed by atoms with Gasteiger partial charge in [-0.2, -0.15) is 0 Å². The highest BCUT2D eigenvalue weighted by atomic mass is 16.6. The second-order valence-corrected chi connectivity index (χ2v) is 11.3. The molecule has 1 aliphatic heterocycles. The molecule has 3 fully saturated rings. The standard InChI is InChI=1S/C30H31N5O2/c1-30(2)27(19-7-4-3-5-8-19)35(29(36)37-30)22-9-10-23-20(15-22)16-24(23)21-17-26-25(33-18-21)11-14-34(26)28-31-12-6-13-32-28/h3-8,11-14,17-18,20,22-24,27H,9-10,15-16H2,1-2H3. The van der Waals surface area contributed by atoms with Gasteiger partial charge in [0.05, 0.1) is 17.1 Å². The minimum atomic E-state index is -0.546. The van der Waals surface area contributed by atoms with Gasteiger partial charge in [0.25, 0.3) is 0 Å². The van der Waals surface area contributed by atoms with Crippen LogP contribution in [0.5, 0.6) is 0 Å². The second-order valence-electron chi connectivity index (χ2n) is 11.3. The fourth-order valence-corrected chi connectivity index (χ4v) is 7.15. The quantitative estimate of drug-likeness (QED) is 0.346. The summed E-state index contributed by atoms with van der Waals surface area (Å²) >= 11 is 0. The van der Waals surface area contributed by atoms with E-state index >= 15 is 0 Å². The average molecular weight is 494 g/mol. The number of hydrogen-bond donors (Lipinski definition) is 0. The van der Waals surface area contributed by atoms with E-state index < -0.39 is 5.60 Å². The van der Waals surface area contributed by atoms with Crippen molar-refractivity contribution in [3.8, 4) is 5.95 Å². The zero-order chi connectivity index (χ0) is 25.1. The number of pyridine rings is 1. The van der Waals surface area contributed by atoms with Gasteiger partial charge in [-0.1, -0.05) is 30.3 Å². The summed E-state index contributed by atoms with van der Waals surface area (Å²) in [5, 5.41) is 0. The normalized spacial score (nSPS) is 28.5. The molecule has 7 nitrogen and oxygen atoms in total. The maximum absolute atomic E-state index is 13.1. The molecule has 2 aliphatic carbocycles. The van der Waals surface area contributed by atoms with E-state index in [0.29, 0.717) is 23.7 Å². The number of rotatable bonds is 4. The molecule has 1 amide bonds. The largest absolute Gasteiger partial charge is 0.441 e. The summed E-state index contributed by atoms with van der Waals surface area (Å²) in [7, 11) is 0. The number of carbonyl (C=O) groups excluding carboxylic acids is 1. The smallest absolute Gasteiger partial charge is 0.411 e. The summed E-state index contributed by atoms with van der Waals surface area (Å²) in [6, 6.07) is 16.6. The third-order valence-corrected chi connectivity index (χ3v) is 8.85. The van der Waals surface area contributed by atoms with Crippen LogP contribution in [0, 0.1) is 11.8 Å². The average Bonchev–Trinajstić information content (AvgIpc) is 3.42. The van der Waals surface area contributed by atoms with Crippen molar-refractivity contribution in [1.29, 1.82) is 0 Å². The van der Waals surface area contributed by atoms with Crippen molar-refractivity contribution in [2.45, 2.75) is 63.1 Å². The van der Waals surface area contributed by atoms with Crippen LogP contribution in [0.1, 0.15) is 62.6 Å². The van der Waals surface area contributed by atoms with Crippen molar-refractivity contribution < 1.29 is 9.53 Å². The van der Waals surface area contributed by atoms with E-state index in [1.807, 2.05) is 54.9 Å². The summed E-state index contributed by atoms with van der Waals surface area (Å²) < 4.78 is 7.92. The van der Waals surface area contributed by atoms with Crippen molar-refractivity contribution in [1.82, 2.24) is 24.4 Å². The van der Waals surface area contributed by atoms with Crippen molar-refractivity contribution in [3.05, 3.63) is 84.4 Å². The molecule has 4 heterocycles. The Morgan fingerprint density at radius 2 is 1.76 bits per heavy atom. The lowest BCUT2D eigenvalue weighted by Crippen LogP contribution is -2.49. The van der Waals surface area contributed by atoms with Crippen LogP contribution in [0.15, 0.2) is 73.3 Å². The number of hydrogen-bond acceptors (Lipinski definition) is 5. The van der Waals surface area contributed by atoms with Crippen LogP contribution in [-0.4, -0.2) is 42.2 Å². The Bertz CT molecular complexity index is 1450. The summed E-state index contributed by atoms with van der Waals surface area (Å²) in [5.41, 5.74) is 3.91. The predicted octanol–water partition coefficient (Wildman–Crippen LogP) is 6.06. The lowest BCUT2D eigenvalue weighted by Gasteiger charge is -2.52. The lowest BCUT2D eigenvalue weighted by atomic mass is 9.56. The first-order valence-electron chi connectivity index (χ1n) is 13.3. The zero-order valence-electron chi connectivity index (χ0n) is 21.2. The Balaban J connectivity index is 1.11. The number of nitrogens with zero attached hydrogens (tertiary/aromatic N) is 5. The van der Waals surface area contributed by atoms with Gasteiger partial charge in [0.2, 0.25) is 5.95 Å². The Labute approximate surface area is 216 Å². The molecular weight excluding hydrogens is 462 g/mol. The van der Waals surface area contributed by atoms with Crippen LogP contribution in [0.2, 0.25) is 0 Å². The molecule has 4 aromatic rings. The molecule has 188 valence electrons. The van der Waals surface area contributed by atoms with Gasteiger partial charge in [-0.05, 0) is 86.6 Å². The third-order valence-electron chi connectivity index (χ3n) is 8.85. The number of benzene rings is 1. The van der Waals surface area contributed by atoms with Crippen molar-refractivity contribution in [3.63, 3.8) is 0 Å². The van der Waals surface area contributed by atoms with Crippen LogP contribution in [0.4, 0.5) is 4.79 Å². The molecule has 0 radical (unpaired) electrons. The molecule has 0 spiro atoms. The molecule has 5 unspecified atom stereocenters. The van der Waals surface area contributed by atoms with E-state index in [9.17, 15) is 4.79 Å². The fourth-order valence-electron chi connectivity index (χ4n) is 7.15. The summed E-state index contributed by atoms with van der Waals surface area (Å²) in [4.78, 5) is 28.8. The predicted molar refractivity (Wildman–Crippen MR) is 140 cm³/mol. The molecule has 5 atom stereocenters. The Hall–Kier alpha value is -3.74. The van der Waals surface area contributed by atoms with Crippen molar-refractivity contribution in [2.75, 3.05) is 0 Å². The molecule has 3 aromatic heterocycles. The Morgan fingerprint density at radius 3 is 2.54 bits per heavy atom. The zero-order valence-corrected chi connectivity index (χ0v) is 21.2. The number of amides is 1. The second kappa shape index (κ2) is 8.40. The molecule has 3 aliphatic rings. The summed E-state index contributed by atoms with van der Waals surface area (Å²) in [6.07, 6.45) is 11.7. The van der Waals surface area contributed by atoms with Gasteiger partial charge in [-0.3, -0.25) is 14.5 Å². The first-order chi connectivity index (χ1) is 18.0. The van der Waals surface area contributed by atoms with Gasteiger partial charge in [0.1, 0.15) is 5.60 Å². The van der Waals surface area contributed by atoms with E-state index in [1.54, 1.807) is 12.4 Å². The number of ether oxygens (including phenoxy) is 1. The van der Waals surface area contributed by atoms with Crippen LogP contribution in [0.25, 0.3) is 17.0 Å². The van der Waals surface area contributed by atoms with E-state index in [-0.39, 0.29) is 18.2 Å². The fraction of sp³-hybridized carbons (Fsp3) is 0.400. The van der Waals surface area contributed by atoms with Gasteiger partial charge >= 0.3 is 6.09 Å². The molecule has 2 saturated carbocycles. The molecule has 0 N–H and O–H groups in total.